The Kier molecular flexibility index (Phi) is 3.39. The molecular formula is C15H25NS. The van der Waals surface area contributed by atoms with Crippen molar-refractivity contribution in [2.75, 3.05) is 13.1 Å². The van der Waals surface area contributed by atoms with Crippen LogP contribution in [0.5, 0.6) is 0 Å². The molecule has 0 spiro atoms. The van der Waals surface area contributed by atoms with Crippen LogP contribution < -0.4 is 5.32 Å². The van der Waals surface area contributed by atoms with E-state index >= 15 is 0 Å². The Morgan fingerprint density at radius 2 is 1.94 bits per heavy atom. The van der Waals surface area contributed by atoms with Crippen molar-refractivity contribution in [2.24, 2.45) is 11.3 Å². The summed E-state index contributed by atoms with van der Waals surface area (Å²) in [6, 6.07) is 4.67. The van der Waals surface area contributed by atoms with Crippen LogP contribution in [0.3, 0.4) is 0 Å². The van der Waals surface area contributed by atoms with Crippen molar-refractivity contribution in [1.82, 2.24) is 5.32 Å². The van der Waals surface area contributed by atoms with Crippen molar-refractivity contribution in [3.05, 3.63) is 21.9 Å². The maximum absolute atomic E-state index is 3.52. The SMILES string of the molecule is CCNCC1C(C)(C)C1(C)c1ccc(CC)s1. The van der Waals surface area contributed by atoms with Crippen LogP contribution in [-0.2, 0) is 11.8 Å². The molecule has 2 atom stereocenters. The van der Waals surface area contributed by atoms with Gasteiger partial charge in [-0.25, -0.2) is 0 Å². The summed E-state index contributed by atoms with van der Waals surface area (Å²) < 4.78 is 0. The van der Waals surface area contributed by atoms with E-state index in [-0.39, 0.29) is 0 Å². The fourth-order valence-corrected chi connectivity index (χ4v) is 4.50. The molecule has 1 aliphatic carbocycles. The highest BCUT2D eigenvalue weighted by atomic mass is 32.1. The quantitative estimate of drug-likeness (QED) is 0.838. The van der Waals surface area contributed by atoms with E-state index in [1.807, 2.05) is 11.3 Å². The topological polar surface area (TPSA) is 12.0 Å². The van der Waals surface area contributed by atoms with Gasteiger partial charge in [-0.3, -0.25) is 0 Å². The van der Waals surface area contributed by atoms with Gasteiger partial charge in [0, 0.05) is 15.2 Å². The van der Waals surface area contributed by atoms with Gasteiger partial charge in [-0.1, -0.05) is 34.6 Å². The average Bonchev–Trinajstić information content (AvgIpc) is 2.71. The first kappa shape index (κ1) is 13.1. The predicted octanol–water partition coefficient (Wildman–Crippen LogP) is 3.83. The Labute approximate surface area is 110 Å². The molecule has 17 heavy (non-hydrogen) atoms. The maximum Gasteiger partial charge on any atom is 0.0119 e. The van der Waals surface area contributed by atoms with E-state index in [2.05, 4.69) is 52.1 Å². The molecule has 1 nitrogen and oxygen atoms in total. The van der Waals surface area contributed by atoms with E-state index in [1.165, 1.54) is 11.3 Å². The van der Waals surface area contributed by atoms with Crippen molar-refractivity contribution in [3.8, 4) is 0 Å². The Balaban J connectivity index is 2.19. The molecule has 1 aromatic rings. The third-order valence-corrected chi connectivity index (χ3v) is 6.41. The van der Waals surface area contributed by atoms with Crippen LogP contribution >= 0.6 is 11.3 Å². The van der Waals surface area contributed by atoms with Gasteiger partial charge in [0.1, 0.15) is 0 Å². The lowest BCUT2D eigenvalue weighted by Crippen LogP contribution is -2.19. The van der Waals surface area contributed by atoms with E-state index in [0.29, 0.717) is 10.8 Å². The molecule has 0 aromatic carbocycles. The van der Waals surface area contributed by atoms with Gasteiger partial charge in [0.05, 0.1) is 0 Å². The van der Waals surface area contributed by atoms with Gasteiger partial charge < -0.3 is 5.32 Å². The standard InChI is InChI=1S/C15H25NS/c1-6-11-8-9-13(17-11)15(5)12(10-16-7-2)14(15,3)4/h8-9,12,16H,6-7,10H2,1-5H3. The summed E-state index contributed by atoms with van der Waals surface area (Å²) in [7, 11) is 0. The molecular weight excluding hydrogens is 226 g/mol. The summed E-state index contributed by atoms with van der Waals surface area (Å²) in [6.07, 6.45) is 1.17. The molecule has 1 N–H and O–H groups in total. The first-order valence-electron chi connectivity index (χ1n) is 6.78. The normalized spacial score (nSPS) is 30.5. The van der Waals surface area contributed by atoms with Gasteiger partial charge in [0.2, 0.25) is 0 Å². The minimum Gasteiger partial charge on any atom is -0.317 e. The molecule has 96 valence electrons. The van der Waals surface area contributed by atoms with Crippen molar-refractivity contribution < 1.29 is 0 Å². The van der Waals surface area contributed by atoms with E-state index < -0.39 is 0 Å². The number of aryl methyl sites for hydroxylation is 1. The number of rotatable bonds is 5. The molecule has 1 saturated carbocycles. The summed E-state index contributed by atoms with van der Waals surface area (Å²) in [5.74, 6) is 0.776. The minimum absolute atomic E-state index is 0.382. The Hall–Kier alpha value is -0.340. The minimum atomic E-state index is 0.382. The van der Waals surface area contributed by atoms with Gasteiger partial charge in [0.25, 0.3) is 0 Å². The molecule has 2 rings (SSSR count). The molecule has 0 aliphatic heterocycles. The zero-order chi connectivity index (χ0) is 12.7. The van der Waals surface area contributed by atoms with Crippen LogP contribution in [0, 0.1) is 11.3 Å². The second-order valence-corrected chi connectivity index (χ2v) is 7.07. The molecule has 1 heterocycles. The lowest BCUT2D eigenvalue weighted by atomic mass is 9.96. The van der Waals surface area contributed by atoms with Gasteiger partial charge in [-0.2, -0.15) is 0 Å². The zero-order valence-corrected chi connectivity index (χ0v) is 12.6. The van der Waals surface area contributed by atoms with Crippen molar-refractivity contribution in [1.29, 1.82) is 0 Å². The Morgan fingerprint density at radius 3 is 2.47 bits per heavy atom. The van der Waals surface area contributed by atoms with Crippen LogP contribution in [-0.4, -0.2) is 13.1 Å². The largest absolute Gasteiger partial charge is 0.317 e. The van der Waals surface area contributed by atoms with Crippen LogP contribution in [0.25, 0.3) is 0 Å². The smallest absolute Gasteiger partial charge is 0.0119 e. The monoisotopic (exact) mass is 251 g/mol. The highest BCUT2D eigenvalue weighted by Gasteiger charge is 2.68. The lowest BCUT2D eigenvalue weighted by Gasteiger charge is -2.12. The third kappa shape index (κ3) is 1.86. The predicted molar refractivity (Wildman–Crippen MR) is 76.9 cm³/mol. The average molecular weight is 251 g/mol. The third-order valence-electron chi connectivity index (χ3n) is 4.94. The number of hydrogen-bond donors (Lipinski definition) is 1. The summed E-state index contributed by atoms with van der Waals surface area (Å²) in [6.45, 7) is 13.9. The van der Waals surface area contributed by atoms with Crippen molar-refractivity contribution >= 4 is 11.3 Å². The van der Waals surface area contributed by atoms with Crippen LogP contribution in [0.2, 0.25) is 0 Å². The molecule has 1 aliphatic rings. The fourth-order valence-electron chi connectivity index (χ4n) is 3.19. The molecule has 2 unspecified atom stereocenters. The van der Waals surface area contributed by atoms with Crippen LogP contribution in [0.1, 0.15) is 44.4 Å². The first-order valence-corrected chi connectivity index (χ1v) is 7.60. The highest BCUT2D eigenvalue weighted by molar-refractivity contribution is 7.12. The summed E-state index contributed by atoms with van der Waals surface area (Å²) >= 11 is 2.01. The van der Waals surface area contributed by atoms with E-state index in [1.54, 1.807) is 4.88 Å². The molecule has 2 heteroatoms. The van der Waals surface area contributed by atoms with Crippen molar-refractivity contribution in [2.45, 2.75) is 46.5 Å². The van der Waals surface area contributed by atoms with Crippen LogP contribution in [0.4, 0.5) is 0 Å². The maximum atomic E-state index is 3.52. The second-order valence-electron chi connectivity index (χ2n) is 5.90. The Bertz CT molecular complexity index is 393. The number of nitrogens with one attached hydrogen (secondary N) is 1. The second kappa shape index (κ2) is 4.40. The molecule has 0 saturated heterocycles. The lowest BCUT2D eigenvalue weighted by molar-refractivity contribution is 0.511. The van der Waals surface area contributed by atoms with Gasteiger partial charge >= 0.3 is 0 Å². The summed E-state index contributed by atoms with van der Waals surface area (Å²) in [5, 5.41) is 3.52. The Morgan fingerprint density at radius 1 is 1.24 bits per heavy atom. The van der Waals surface area contributed by atoms with Gasteiger partial charge in [0.15, 0.2) is 0 Å². The molecule has 1 aromatic heterocycles. The number of hydrogen-bond acceptors (Lipinski definition) is 2. The zero-order valence-electron chi connectivity index (χ0n) is 11.8. The molecule has 0 bridgehead atoms. The van der Waals surface area contributed by atoms with Crippen molar-refractivity contribution in [3.63, 3.8) is 0 Å². The molecule has 0 amide bonds. The summed E-state index contributed by atoms with van der Waals surface area (Å²) in [5.41, 5.74) is 0.818. The summed E-state index contributed by atoms with van der Waals surface area (Å²) in [4.78, 5) is 3.10. The highest BCUT2D eigenvalue weighted by Crippen LogP contribution is 2.69. The van der Waals surface area contributed by atoms with E-state index in [4.69, 9.17) is 0 Å². The first-order chi connectivity index (χ1) is 7.98. The van der Waals surface area contributed by atoms with E-state index in [9.17, 15) is 0 Å². The number of thiophene rings is 1. The fraction of sp³-hybridized carbons (Fsp3) is 0.733. The van der Waals surface area contributed by atoms with Gasteiger partial charge in [-0.05, 0) is 43.0 Å². The van der Waals surface area contributed by atoms with Gasteiger partial charge in [-0.15, -0.1) is 11.3 Å². The molecule has 1 fully saturated rings. The van der Waals surface area contributed by atoms with Crippen LogP contribution in [0.15, 0.2) is 12.1 Å². The van der Waals surface area contributed by atoms with E-state index in [0.717, 1.165) is 19.0 Å². The molecule has 0 radical (unpaired) electrons.